The molecule has 0 spiro atoms. The molecule has 4 fully saturated rings. The molecule has 0 aliphatic carbocycles. The number of amides is 4. The van der Waals surface area contributed by atoms with Crippen molar-refractivity contribution in [2.75, 3.05) is 39.3 Å². The number of carbonyl (C=O) groups excluding carboxylic acids is 4. The zero-order valence-corrected chi connectivity index (χ0v) is 44.6. The lowest BCUT2D eigenvalue weighted by atomic mass is 9.81. The van der Waals surface area contributed by atoms with Crippen LogP contribution in [-0.4, -0.2) is 149 Å². The Morgan fingerprint density at radius 3 is 2.25 bits per heavy atom. The molecule has 5 aliphatic heterocycles. The Kier molecular flexibility index (Phi) is 13.8. The lowest BCUT2D eigenvalue weighted by Gasteiger charge is -2.64. The number of piperazine rings is 1. The van der Waals surface area contributed by atoms with E-state index in [4.69, 9.17) is 16.6 Å². The minimum absolute atomic E-state index is 0.00909. The summed E-state index contributed by atoms with van der Waals surface area (Å²) in [7, 11) is 0. The van der Waals surface area contributed by atoms with E-state index in [0.29, 0.717) is 29.5 Å². The van der Waals surface area contributed by atoms with E-state index in [1.165, 1.54) is 9.78 Å². The van der Waals surface area contributed by atoms with Crippen LogP contribution in [0.5, 0.6) is 0 Å². The molecule has 4 saturated heterocycles. The van der Waals surface area contributed by atoms with Crippen LogP contribution in [0.2, 0.25) is 5.02 Å². The topological polar surface area (TPSA) is 181 Å². The van der Waals surface area contributed by atoms with Gasteiger partial charge >= 0.3 is 0 Å². The maximum Gasteiger partial charge on any atom is 0.246 e. The molecule has 3 aromatic heterocycles. The number of piperidine rings is 1. The van der Waals surface area contributed by atoms with E-state index < -0.39 is 29.6 Å². The summed E-state index contributed by atoms with van der Waals surface area (Å²) >= 11 is 9.58. The van der Waals surface area contributed by atoms with E-state index in [9.17, 15) is 24.3 Å². The number of thiophene rings is 1. The number of aryl methyl sites for hydroxylation is 3. The molecular formula is C53H64ClN11O5S2. The van der Waals surface area contributed by atoms with Crippen LogP contribution in [0, 0.1) is 33.1 Å². The predicted octanol–water partition coefficient (Wildman–Crippen LogP) is 6.35. The number of thiazole rings is 1. The summed E-state index contributed by atoms with van der Waals surface area (Å²) in [6, 6.07) is 13.9. The number of fused-ring (bicyclic) bond motifs is 4. The van der Waals surface area contributed by atoms with E-state index in [0.717, 1.165) is 87.4 Å². The second-order valence-electron chi connectivity index (χ2n) is 21.4. The van der Waals surface area contributed by atoms with Crippen molar-refractivity contribution in [3.8, 4) is 15.4 Å². The van der Waals surface area contributed by atoms with Gasteiger partial charge in [0.2, 0.25) is 23.6 Å². The van der Waals surface area contributed by atoms with E-state index in [2.05, 4.69) is 54.0 Å². The van der Waals surface area contributed by atoms with Crippen molar-refractivity contribution in [1.29, 1.82) is 0 Å². The molecule has 5 aliphatic rings. The highest BCUT2D eigenvalue weighted by atomic mass is 35.5. The van der Waals surface area contributed by atoms with Crippen molar-refractivity contribution in [2.45, 2.75) is 129 Å². The molecule has 72 heavy (non-hydrogen) atoms. The van der Waals surface area contributed by atoms with Gasteiger partial charge in [-0.15, -0.1) is 32.9 Å². The first-order valence-corrected chi connectivity index (χ1v) is 27.1. The van der Waals surface area contributed by atoms with Gasteiger partial charge in [0.1, 0.15) is 29.0 Å². The number of halogens is 1. The van der Waals surface area contributed by atoms with Gasteiger partial charge in [0, 0.05) is 72.3 Å². The zero-order valence-electron chi connectivity index (χ0n) is 42.2. The summed E-state index contributed by atoms with van der Waals surface area (Å²) in [5, 5.41) is 27.6. The number of β-amino-alcohol motifs (C(OH)–C–C–N with tert-alkyl or cyclic N) is 1. The quantitative estimate of drug-likeness (QED) is 0.127. The monoisotopic (exact) mass is 1030 g/mol. The molecule has 0 saturated carbocycles. The molecule has 8 heterocycles. The van der Waals surface area contributed by atoms with Crippen LogP contribution in [-0.2, 0) is 19.2 Å². The summed E-state index contributed by atoms with van der Waals surface area (Å²) in [6.45, 7) is 18.9. The summed E-state index contributed by atoms with van der Waals surface area (Å²) in [5.41, 5.74) is 8.06. The van der Waals surface area contributed by atoms with Crippen LogP contribution in [0.25, 0.3) is 15.4 Å². The maximum absolute atomic E-state index is 14.3. The maximum atomic E-state index is 14.3. The number of aliphatic hydroxyl groups is 1. The van der Waals surface area contributed by atoms with Crippen molar-refractivity contribution < 1.29 is 24.3 Å². The molecule has 2 aromatic carbocycles. The van der Waals surface area contributed by atoms with Crippen LogP contribution in [0.15, 0.2) is 59.0 Å². The predicted molar refractivity (Wildman–Crippen MR) is 280 cm³/mol. The van der Waals surface area contributed by atoms with Crippen LogP contribution in [0.1, 0.15) is 110 Å². The molecule has 19 heteroatoms. The number of rotatable bonds is 12. The number of benzene rings is 2. The molecule has 7 atom stereocenters. The molecule has 0 bridgehead atoms. The zero-order chi connectivity index (χ0) is 50.9. The number of carbonyl (C=O) groups is 4. The highest BCUT2D eigenvalue weighted by molar-refractivity contribution is 7.15. The normalized spacial score (nSPS) is 23.2. The molecule has 0 radical (unpaired) electrons. The largest absolute Gasteiger partial charge is 0.391 e. The van der Waals surface area contributed by atoms with Crippen LogP contribution in [0.3, 0.4) is 0 Å². The fourth-order valence-electron chi connectivity index (χ4n) is 11.2. The van der Waals surface area contributed by atoms with Crippen molar-refractivity contribution in [3.05, 3.63) is 104 Å². The minimum atomic E-state index is -0.907. The van der Waals surface area contributed by atoms with Gasteiger partial charge in [0.25, 0.3) is 0 Å². The van der Waals surface area contributed by atoms with Crippen molar-refractivity contribution >= 4 is 63.6 Å². The van der Waals surface area contributed by atoms with Crippen LogP contribution >= 0.6 is 34.3 Å². The average molecular weight is 1030 g/mol. The average Bonchev–Trinajstić information content (AvgIpc) is 4.11. The highest BCUT2D eigenvalue weighted by Crippen LogP contribution is 2.42. The minimum Gasteiger partial charge on any atom is -0.391 e. The number of hydrogen-bond donors (Lipinski definition) is 3. The Bertz CT molecular complexity index is 2920. The summed E-state index contributed by atoms with van der Waals surface area (Å²) in [6.07, 6.45) is 1.23. The van der Waals surface area contributed by atoms with Crippen LogP contribution in [0.4, 0.5) is 0 Å². The third-order valence-corrected chi connectivity index (χ3v) is 18.0. The fraction of sp³-hybridized carbons (Fsp3) is 0.509. The van der Waals surface area contributed by atoms with E-state index in [1.54, 1.807) is 22.7 Å². The van der Waals surface area contributed by atoms with Crippen molar-refractivity contribution in [2.24, 2.45) is 10.4 Å². The SMILES string of the molecule is Cc1ncsc1-c1ccc([C@H](C)NC(=O)[C@@H]2C[C@@H](O)CN2C(=O)[C@@H](NC(=O)CN2CCC(N3CC4C3CN4C(=O)C[C@@H]3N=C(c4ccc(Cl)cc4)c4c(sc(C)c4C)-n4c(C)nnc43)CC2)C(C)(C)C)cc1. The van der Waals surface area contributed by atoms with Gasteiger partial charge < -0.3 is 25.5 Å². The Balaban J connectivity index is 0.716. The van der Waals surface area contributed by atoms with Gasteiger partial charge in [-0.2, -0.15) is 0 Å². The fourth-order valence-corrected chi connectivity index (χ4v) is 13.4. The number of aliphatic imine (C=N–C) groups is 1. The van der Waals surface area contributed by atoms with Crippen molar-refractivity contribution in [1.82, 2.24) is 50.0 Å². The highest BCUT2D eigenvalue weighted by Gasteiger charge is 2.55. The molecule has 16 nitrogen and oxygen atoms in total. The number of nitrogens with one attached hydrogen (secondary N) is 2. The molecule has 380 valence electrons. The summed E-state index contributed by atoms with van der Waals surface area (Å²) in [4.78, 5) is 76.2. The molecule has 3 N–H and O–H groups in total. The van der Waals surface area contributed by atoms with Gasteiger partial charge in [-0.05, 0) is 81.7 Å². The second-order valence-corrected chi connectivity index (χ2v) is 23.9. The van der Waals surface area contributed by atoms with E-state index in [-0.39, 0.29) is 61.6 Å². The molecule has 4 amide bonds. The molecule has 10 rings (SSSR count). The Hall–Kier alpha value is -5.37. The lowest BCUT2D eigenvalue weighted by molar-refractivity contribution is -0.175. The summed E-state index contributed by atoms with van der Waals surface area (Å²) < 4.78 is 2.08. The summed E-state index contributed by atoms with van der Waals surface area (Å²) in [5.74, 6) is 0.519. The van der Waals surface area contributed by atoms with Gasteiger partial charge in [-0.1, -0.05) is 68.8 Å². The number of nitrogens with zero attached hydrogens (tertiary/aromatic N) is 9. The van der Waals surface area contributed by atoms with Crippen LogP contribution < -0.4 is 10.6 Å². The first-order chi connectivity index (χ1) is 34.3. The van der Waals surface area contributed by atoms with Crippen molar-refractivity contribution in [3.63, 3.8) is 0 Å². The smallest absolute Gasteiger partial charge is 0.246 e. The van der Waals surface area contributed by atoms with Gasteiger partial charge in [0.15, 0.2) is 5.82 Å². The second kappa shape index (κ2) is 19.8. The first kappa shape index (κ1) is 50.2. The van der Waals surface area contributed by atoms with E-state index in [1.807, 2.05) is 100 Å². The first-order valence-electron chi connectivity index (χ1n) is 25.1. The molecular weight excluding hydrogens is 970 g/mol. The lowest BCUT2D eigenvalue weighted by Crippen LogP contribution is -2.81. The number of hydrogen-bond acceptors (Lipinski definition) is 13. The number of aromatic nitrogens is 4. The number of likely N-dealkylation sites (tertiary alicyclic amines) is 4. The Morgan fingerprint density at radius 1 is 0.889 bits per heavy atom. The third-order valence-electron chi connectivity index (χ3n) is 15.6. The third kappa shape index (κ3) is 9.54. The van der Waals surface area contributed by atoms with Gasteiger partial charge in [0.05, 0.1) is 52.9 Å². The van der Waals surface area contributed by atoms with Gasteiger partial charge in [-0.25, -0.2) is 4.98 Å². The van der Waals surface area contributed by atoms with Gasteiger partial charge in [-0.3, -0.25) is 38.5 Å². The Labute approximate surface area is 433 Å². The Morgan fingerprint density at radius 2 is 1.60 bits per heavy atom. The van der Waals surface area contributed by atoms with E-state index >= 15 is 0 Å². The molecule has 2 unspecified atom stereocenters. The standard InChI is InChI=1S/C53H64ClN11O5S2/c1-28-31(4)72-52-45(28)46(34-13-15-36(54)16-14-34)57-39(49-60-59-32(5)65(49)52)22-44(68)63-25-41-42(63)24-62(41)37-17-19-61(20-18-37)26-43(67)58-48(53(6,7)8)51(70)64-23-38(66)21-40(64)50(69)56-29(2)33-9-11-35(12-10-33)47-30(3)55-27-71-47/h9-16,27,29,37-42,48,66H,17-26H2,1-8H3,(H,56,69)(H,58,67)/t29-,38+,39-,40-,41?,42?,48+/m0/s1. The number of aliphatic hydroxyl groups excluding tert-OH is 1. The molecule has 5 aromatic rings.